The van der Waals surface area contributed by atoms with Crippen LogP contribution >= 0.6 is 11.8 Å². The first kappa shape index (κ1) is 12.7. The Labute approximate surface area is 82.5 Å². The molecule has 0 aliphatic rings. The number of hydrogen-bond donors (Lipinski definition) is 3. The molecule has 0 aromatic heterocycles. The highest BCUT2D eigenvalue weighted by atomic mass is 32.2. The second kappa shape index (κ2) is 5.47. The van der Waals surface area contributed by atoms with Gasteiger partial charge in [0.2, 0.25) is 0 Å². The van der Waals surface area contributed by atoms with Gasteiger partial charge in [0.25, 0.3) is 0 Å². The Bertz CT molecular complexity index is 173. The Morgan fingerprint density at radius 3 is 2.54 bits per heavy atom. The molecule has 0 fully saturated rings. The molecule has 0 aromatic rings. The summed E-state index contributed by atoms with van der Waals surface area (Å²) >= 11 is 1.47. The number of nitrogens with two attached hydrogens (primary N) is 1. The maximum atomic E-state index is 10.6. The van der Waals surface area contributed by atoms with Crippen molar-refractivity contribution in [3.05, 3.63) is 0 Å². The van der Waals surface area contributed by atoms with E-state index in [-0.39, 0.29) is 6.61 Å². The smallest absolute Gasteiger partial charge is 0.321 e. The summed E-state index contributed by atoms with van der Waals surface area (Å²) in [7, 11) is 0. The zero-order chi connectivity index (χ0) is 10.5. The topological polar surface area (TPSA) is 83.5 Å². The van der Waals surface area contributed by atoms with Crippen LogP contribution < -0.4 is 5.73 Å². The first-order chi connectivity index (χ1) is 5.91. The summed E-state index contributed by atoms with van der Waals surface area (Å²) in [5.41, 5.74) is 5.49. The van der Waals surface area contributed by atoms with Gasteiger partial charge >= 0.3 is 5.97 Å². The predicted molar refractivity (Wildman–Crippen MR) is 53.9 cm³/mol. The SMILES string of the molecule is CC(C)(SCCCO)[C@H](N)C(=O)O. The molecular weight excluding hydrogens is 190 g/mol. The van der Waals surface area contributed by atoms with Gasteiger partial charge in [-0.2, -0.15) is 11.8 Å². The fourth-order valence-corrected chi connectivity index (χ4v) is 1.87. The van der Waals surface area contributed by atoms with Gasteiger partial charge in [-0.1, -0.05) is 0 Å². The average molecular weight is 207 g/mol. The van der Waals surface area contributed by atoms with Crippen molar-refractivity contribution in [3.8, 4) is 0 Å². The lowest BCUT2D eigenvalue weighted by Gasteiger charge is -2.27. The van der Waals surface area contributed by atoms with E-state index in [0.29, 0.717) is 6.42 Å². The van der Waals surface area contributed by atoms with Gasteiger partial charge in [0.05, 0.1) is 0 Å². The molecule has 0 spiro atoms. The summed E-state index contributed by atoms with van der Waals surface area (Å²) in [6, 6.07) is -0.865. The van der Waals surface area contributed by atoms with E-state index in [9.17, 15) is 4.79 Å². The van der Waals surface area contributed by atoms with E-state index in [2.05, 4.69) is 0 Å². The molecule has 0 saturated carbocycles. The minimum absolute atomic E-state index is 0.130. The summed E-state index contributed by atoms with van der Waals surface area (Å²) in [4.78, 5) is 10.6. The van der Waals surface area contributed by atoms with Crippen LogP contribution in [0.2, 0.25) is 0 Å². The molecule has 0 unspecified atom stereocenters. The van der Waals surface area contributed by atoms with E-state index in [1.165, 1.54) is 11.8 Å². The van der Waals surface area contributed by atoms with Crippen molar-refractivity contribution >= 4 is 17.7 Å². The van der Waals surface area contributed by atoms with Crippen LogP contribution in [-0.2, 0) is 4.79 Å². The Morgan fingerprint density at radius 2 is 2.15 bits per heavy atom. The summed E-state index contributed by atoms with van der Waals surface area (Å²) in [5.74, 6) is -0.258. The lowest BCUT2D eigenvalue weighted by Crippen LogP contribution is -2.46. The van der Waals surface area contributed by atoms with Gasteiger partial charge in [-0.15, -0.1) is 0 Å². The number of carbonyl (C=O) groups is 1. The fraction of sp³-hybridized carbons (Fsp3) is 0.875. The van der Waals surface area contributed by atoms with E-state index in [1.54, 1.807) is 13.8 Å². The Hall–Kier alpha value is -0.260. The van der Waals surface area contributed by atoms with Crippen molar-refractivity contribution in [2.24, 2.45) is 5.73 Å². The molecule has 0 amide bonds. The number of thioether (sulfide) groups is 1. The number of rotatable bonds is 6. The third kappa shape index (κ3) is 4.50. The maximum Gasteiger partial charge on any atom is 0.321 e. The molecule has 0 aromatic carbocycles. The fourth-order valence-electron chi connectivity index (χ4n) is 0.787. The molecular formula is C8H17NO3S. The highest BCUT2D eigenvalue weighted by Gasteiger charge is 2.31. The highest BCUT2D eigenvalue weighted by molar-refractivity contribution is 8.00. The Kier molecular flexibility index (Phi) is 5.36. The first-order valence-corrected chi connectivity index (χ1v) is 5.13. The Balaban J connectivity index is 3.98. The lowest BCUT2D eigenvalue weighted by atomic mass is 10.1. The van der Waals surface area contributed by atoms with Gasteiger partial charge in [0, 0.05) is 11.4 Å². The zero-order valence-electron chi connectivity index (χ0n) is 7.99. The van der Waals surface area contributed by atoms with E-state index in [4.69, 9.17) is 15.9 Å². The molecule has 13 heavy (non-hydrogen) atoms. The van der Waals surface area contributed by atoms with Crippen molar-refractivity contribution in [3.63, 3.8) is 0 Å². The van der Waals surface area contributed by atoms with E-state index in [1.807, 2.05) is 0 Å². The second-order valence-electron chi connectivity index (χ2n) is 3.34. The summed E-state index contributed by atoms with van der Waals surface area (Å²) < 4.78 is -0.485. The van der Waals surface area contributed by atoms with Crippen molar-refractivity contribution in [2.45, 2.75) is 31.1 Å². The van der Waals surface area contributed by atoms with Crippen LogP contribution in [0.5, 0.6) is 0 Å². The molecule has 4 N–H and O–H groups in total. The highest BCUT2D eigenvalue weighted by Crippen LogP contribution is 2.27. The quantitative estimate of drug-likeness (QED) is 0.545. The molecule has 0 aliphatic carbocycles. The van der Waals surface area contributed by atoms with Crippen LogP contribution in [0.15, 0.2) is 0 Å². The third-order valence-electron chi connectivity index (χ3n) is 1.79. The molecule has 0 heterocycles. The van der Waals surface area contributed by atoms with Crippen molar-refractivity contribution in [1.29, 1.82) is 0 Å². The van der Waals surface area contributed by atoms with Gasteiger partial charge in [0.1, 0.15) is 6.04 Å². The number of aliphatic carboxylic acids is 1. The third-order valence-corrected chi connectivity index (χ3v) is 3.28. The van der Waals surface area contributed by atoms with Gasteiger partial charge in [-0.05, 0) is 26.0 Å². The summed E-state index contributed by atoms with van der Waals surface area (Å²) in [6.07, 6.45) is 0.667. The number of aliphatic hydroxyl groups excluding tert-OH is 1. The molecule has 0 bridgehead atoms. The van der Waals surface area contributed by atoms with Crippen LogP contribution in [0.1, 0.15) is 20.3 Å². The normalized spacial score (nSPS) is 14.2. The minimum atomic E-state index is -0.985. The van der Waals surface area contributed by atoms with Gasteiger partial charge in [-0.3, -0.25) is 4.79 Å². The molecule has 0 saturated heterocycles. The van der Waals surface area contributed by atoms with Crippen LogP contribution in [0.25, 0.3) is 0 Å². The Morgan fingerprint density at radius 1 is 1.62 bits per heavy atom. The monoisotopic (exact) mass is 207 g/mol. The maximum absolute atomic E-state index is 10.6. The van der Waals surface area contributed by atoms with Crippen molar-refractivity contribution in [1.82, 2.24) is 0 Å². The molecule has 5 heteroatoms. The van der Waals surface area contributed by atoms with Gasteiger partial charge in [-0.25, -0.2) is 0 Å². The molecule has 78 valence electrons. The van der Waals surface area contributed by atoms with Crippen LogP contribution in [0, 0.1) is 0 Å². The van der Waals surface area contributed by atoms with E-state index in [0.717, 1.165) is 5.75 Å². The van der Waals surface area contributed by atoms with E-state index < -0.39 is 16.8 Å². The van der Waals surface area contributed by atoms with E-state index >= 15 is 0 Å². The molecule has 0 aliphatic heterocycles. The van der Waals surface area contributed by atoms with Crippen LogP contribution in [0.4, 0.5) is 0 Å². The number of carboxylic acids is 1. The van der Waals surface area contributed by atoms with Gasteiger partial charge in [0.15, 0.2) is 0 Å². The van der Waals surface area contributed by atoms with Crippen LogP contribution in [-0.4, -0.2) is 39.3 Å². The lowest BCUT2D eigenvalue weighted by molar-refractivity contribution is -0.139. The number of carboxylic acid groups (broad SMARTS) is 1. The largest absolute Gasteiger partial charge is 0.480 e. The number of aliphatic hydroxyl groups is 1. The molecule has 1 atom stereocenters. The van der Waals surface area contributed by atoms with Crippen molar-refractivity contribution < 1.29 is 15.0 Å². The zero-order valence-corrected chi connectivity index (χ0v) is 8.80. The van der Waals surface area contributed by atoms with Crippen molar-refractivity contribution in [2.75, 3.05) is 12.4 Å². The standard InChI is InChI=1S/C8H17NO3S/c1-8(2,6(9)7(11)12)13-5-3-4-10/h6,10H,3-5,9H2,1-2H3,(H,11,12)/t6-/m1/s1. The molecule has 4 nitrogen and oxygen atoms in total. The molecule has 0 radical (unpaired) electrons. The summed E-state index contributed by atoms with van der Waals surface area (Å²) in [5, 5.41) is 17.2. The minimum Gasteiger partial charge on any atom is -0.480 e. The molecule has 0 rings (SSSR count). The summed E-state index contributed by atoms with van der Waals surface area (Å²) in [6.45, 7) is 3.73. The first-order valence-electron chi connectivity index (χ1n) is 4.15. The van der Waals surface area contributed by atoms with Gasteiger partial charge < -0.3 is 15.9 Å². The second-order valence-corrected chi connectivity index (χ2v) is 5.09. The van der Waals surface area contributed by atoms with Crippen LogP contribution in [0.3, 0.4) is 0 Å². The predicted octanol–water partition coefficient (Wildman–Crippen LogP) is 0.292. The number of hydrogen-bond acceptors (Lipinski definition) is 4. The average Bonchev–Trinajstić information content (AvgIpc) is 2.03.